The van der Waals surface area contributed by atoms with Crippen molar-refractivity contribution in [2.24, 2.45) is 5.73 Å². The van der Waals surface area contributed by atoms with Crippen molar-refractivity contribution >= 4 is 23.4 Å². The molecule has 3 rings (SSSR count). The van der Waals surface area contributed by atoms with Gasteiger partial charge in [-0.3, -0.25) is 4.98 Å². The van der Waals surface area contributed by atoms with Gasteiger partial charge >= 0.3 is 0 Å². The van der Waals surface area contributed by atoms with E-state index in [0.29, 0.717) is 36.5 Å². The molecule has 0 aliphatic rings. The van der Waals surface area contributed by atoms with Crippen molar-refractivity contribution in [1.29, 1.82) is 0 Å². The summed E-state index contributed by atoms with van der Waals surface area (Å²) in [6.07, 6.45) is 4.78. The summed E-state index contributed by atoms with van der Waals surface area (Å²) < 4.78 is 13.1. The standard InChI is InChI=1S/C18H21FN8/c1-12(13-2-4-14(19)5-3-13)24-18-26-15(22-7-6-20)10-16(27-18)25-17-11-21-8-9-23-17/h2-5,8-12H,6-7,20H2,1H3,(H3,22,23,24,25,26,27). The summed E-state index contributed by atoms with van der Waals surface area (Å²) in [4.78, 5) is 17.1. The minimum absolute atomic E-state index is 0.111. The molecule has 0 spiro atoms. The smallest absolute Gasteiger partial charge is 0.227 e. The highest BCUT2D eigenvalue weighted by atomic mass is 19.1. The first-order chi connectivity index (χ1) is 13.1. The van der Waals surface area contributed by atoms with E-state index in [2.05, 4.69) is 35.9 Å². The summed E-state index contributed by atoms with van der Waals surface area (Å²) in [5.74, 6) is 1.89. The van der Waals surface area contributed by atoms with Gasteiger partial charge in [-0.2, -0.15) is 9.97 Å². The van der Waals surface area contributed by atoms with Gasteiger partial charge in [-0.05, 0) is 24.6 Å². The van der Waals surface area contributed by atoms with Crippen LogP contribution < -0.4 is 21.7 Å². The van der Waals surface area contributed by atoms with Crippen LogP contribution in [-0.2, 0) is 0 Å². The van der Waals surface area contributed by atoms with Gasteiger partial charge in [0.1, 0.15) is 23.3 Å². The Morgan fingerprint density at radius 1 is 1.07 bits per heavy atom. The number of benzene rings is 1. The molecule has 0 saturated heterocycles. The molecule has 2 aromatic heterocycles. The zero-order valence-corrected chi connectivity index (χ0v) is 14.9. The number of aromatic nitrogens is 4. The molecular formula is C18H21FN8. The minimum Gasteiger partial charge on any atom is -0.369 e. The van der Waals surface area contributed by atoms with Gasteiger partial charge < -0.3 is 21.7 Å². The van der Waals surface area contributed by atoms with E-state index in [4.69, 9.17) is 5.73 Å². The predicted octanol–water partition coefficient (Wildman–Crippen LogP) is 2.69. The van der Waals surface area contributed by atoms with Gasteiger partial charge in [0, 0.05) is 31.5 Å². The van der Waals surface area contributed by atoms with Crippen LogP contribution in [0.25, 0.3) is 0 Å². The lowest BCUT2D eigenvalue weighted by Gasteiger charge is -2.16. The Hall–Kier alpha value is -3.33. The Morgan fingerprint density at radius 2 is 1.85 bits per heavy atom. The highest BCUT2D eigenvalue weighted by Crippen LogP contribution is 2.21. The Labute approximate surface area is 156 Å². The van der Waals surface area contributed by atoms with Crippen molar-refractivity contribution in [3.8, 4) is 0 Å². The van der Waals surface area contributed by atoms with E-state index in [1.807, 2.05) is 6.92 Å². The topological polar surface area (TPSA) is 114 Å². The normalized spacial score (nSPS) is 11.7. The highest BCUT2D eigenvalue weighted by molar-refractivity contribution is 5.58. The predicted molar refractivity (Wildman–Crippen MR) is 103 cm³/mol. The van der Waals surface area contributed by atoms with Crippen LogP contribution in [0, 0.1) is 5.82 Å². The number of anilines is 4. The average molecular weight is 368 g/mol. The highest BCUT2D eigenvalue weighted by Gasteiger charge is 2.10. The molecule has 0 amide bonds. The number of rotatable bonds is 8. The molecular weight excluding hydrogens is 347 g/mol. The molecule has 1 aromatic carbocycles. The first kappa shape index (κ1) is 18.5. The minimum atomic E-state index is -0.273. The second-order valence-electron chi connectivity index (χ2n) is 5.81. The quantitative estimate of drug-likeness (QED) is 0.480. The van der Waals surface area contributed by atoms with Crippen LogP contribution in [-0.4, -0.2) is 33.0 Å². The second-order valence-corrected chi connectivity index (χ2v) is 5.81. The maximum Gasteiger partial charge on any atom is 0.227 e. The maximum atomic E-state index is 13.1. The van der Waals surface area contributed by atoms with E-state index < -0.39 is 0 Å². The van der Waals surface area contributed by atoms with Crippen molar-refractivity contribution in [3.05, 3.63) is 60.3 Å². The molecule has 2 heterocycles. The molecule has 0 saturated carbocycles. The fourth-order valence-corrected chi connectivity index (χ4v) is 2.39. The first-order valence-electron chi connectivity index (χ1n) is 8.52. The zero-order chi connectivity index (χ0) is 19.1. The fraction of sp³-hybridized carbons (Fsp3) is 0.222. The third-order valence-electron chi connectivity index (χ3n) is 3.71. The molecule has 1 unspecified atom stereocenters. The largest absolute Gasteiger partial charge is 0.369 e. The van der Waals surface area contributed by atoms with E-state index in [1.165, 1.54) is 12.1 Å². The lowest BCUT2D eigenvalue weighted by atomic mass is 10.1. The second kappa shape index (κ2) is 8.86. The number of hydrogen-bond acceptors (Lipinski definition) is 8. The van der Waals surface area contributed by atoms with Crippen molar-refractivity contribution in [2.45, 2.75) is 13.0 Å². The molecule has 0 radical (unpaired) electrons. The lowest BCUT2D eigenvalue weighted by Crippen LogP contribution is -2.16. The summed E-state index contributed by atoms with van der Waals surface area (Å²) in [5, 5.41) is 9.46. The van der Waals surface area contributed by atoms with E-state index in [9.17, 15) is 4.39 Å². The molecule has 1 atom stereocenters. The van der Waals surface area contributed by atoms with Gasteiger partial charge in [0.15, 0.2) is 0 Å². The van der Waals surface area contributed by atoms with Crippen molar-refractivity contribution in [1.82, 2.24) is 19.9 Å². The fourth-order valence-electron chi connectivity index (χ4n) is 2.39. The van der Waals surface area contributed by atoms with Crippen molar-refractivity contribution in [2.75, 3.05) is 29.0 Å². The number of nitrogens with zero attached hydrogens (tertiary/aromatic N) is 4. The average Bonchev–Trinajstić information content (AvgIpc) is 2.67. The maximum absolute atomic E-state index is 13.1. The number of hydrogen-bond donors (Lipinski definition) is 4. The van der Waals surface area contributed by atoms with Crippen LogP contribution in [0.3, 0.4) is 0 Å². The Bertz CT molecular complexity index is 857. The van der Waals surface area contributed by atoms with Crippen LogP contribution in [0.5, 0.6) is 0 Å². The van der Waals surface area contributed by atoms with E-state index >= 15 is 0 Å². The third-order valence-corrected chi connectivity index (χ3v) is 3.71. The van der Waals surface area contributed by atoms with Crippen LogP contribution in [0.1, 0.15) is 18.5 Å². The zero-order valence-electron chi connectivity index (χ0n) is 14.9. The molecule has 140 valence electrons. The van der Waals surface area contributed by atoms with Crippen LogP contribution >= 0.6 is 0 Å². The van der Waals surface area contributed by atoms with Crippen LogP contribution in [0.15, 0.2) is 48.9 Å². The van der Waals surface area contributed by atoms with Gasteiger partial charge in [-0.15, -0.1) is 0 Å². The van der Waals surface area contributed by atoms with Gasteiger partial charge in [0.05, 0.1) is 12.2 Å². The number of nitrogens with one attached hydrogen (secondary N) is 3. The molecule has 0 aliphatic heterocycles. The Morgan fingerprint density at radius 3 is 2.56 bits per heavy atom. The summed E-state index contributed by atoms with van der Waals surface area (Å²) in [6.45, 7) is 3.01. The van der Waals surface area contributed by atoms with Gasteiger partial charge in [-0.1, -0.05) is 12.1 Å². The van der Waals surface area contributed by atoms with Gasteiger partial charge in [0.2, 0.25) is 5.95 Å². The van der Waals surface area contributed by atoms with E-state index in [0.717, 1.165) is 5.56 Å². The van der Waals surface area contributed by atoms with Crippen LogP contribution in [0.2, 0.25) is 0 Å². The number of halogens is 1. The number of nitrogens with two attached hydrogens (primary N) is 1. The Balaban J connectivity index is 1.81. The van der Waals surface area contributed by atoms with Crippen molar-refractivity contribution in [3.63, 3.8) is 0 Å². The summed E-state index contributed by atoms with van der Waals surface area (Å²) in [5.41, 5.74) is 6.48. The Kier molecular flexibility index (Phi) is 6.06. The SMILES string of the molecule is CC(Nc1nc(NCCN)cc(Nc2cnccn2)n1)c1ccc(F)cc1. The van der Waals surface area contributed by atoms with Gasteiger partial charge in [-0.25, -0.2) is 9.37 Å². The molecule has 9 heteroatoms. The lowest BCUT2D eigenvalue weighted by molar-refractivity contribution is 0.626. The molecule has 0 aliphatic carbocycles. The molecule has 0 bridgehead atoms. The molecule has 8 nitrogen and oxygen atoms in total. The summed E-state index contributed by atoms with van der Waals surface area (Å²) in [6, 6.07) is 7.95. The molecule has 0 fully saturated rings. The monoisotopic (exact) mass is 368 g/mol. The van der Waals surface area contributed by atoms with Crippen molar-refractivity contribution < 1.29 is 4.39 Å². The van der Waals surface area contributed by atoms with E-state index in [-0.39, 0.29) is 11.9 Å². The summed E-state index contributed by atoms with van der Waals surface area (Å²) >= 11 is 0. The first-order valence-corrected chi connectivity index (χ1v) is 8.52. The van der Waals surface area contributed by atoms with E-state index in [1.54, 1.807) is 36.8 Å². The van der Waals surface area contributed by atoms with Gasteiger partial charge in [0.25, 0.3) is 0 Å². The third kappa shape index (κ3) is 5.32. The molecule has 5 N–H and O–H groups in total. The molecule has 3 aromatic rings. The van der Waals surface area contributed by atoms with Crippen LogP contribution in [0.4, 0.5) is 27.8 Å². The molecule has 27 heavy (non-hydrogen) atoms. The summed E-state index contributed by atoms with van der Waals surface area (Å²) in [7, 11) is 0.